The van der Waals surface area contributed by atoms with Gasteiger partial charge in [0.15, 0.2) is 0 Å². The van der Waals surface area contributed by atoms with E-state index < -0.39 is 0 Å². The fourth-order valence-corrected chi connectivity index (χ4v) is 3.68. The van der Waals surface area contributed by atoms with Crippen molar-refractivity contribution < 1.29 is 4.74 Å². The first-order valence-electron chi connectivity index (χ1n) is 8.60. The normalized spacial score (nSPS) is 25.8. The van der Waals surface area contributed by atoms with Crippen molar-refractivity contribution in [3.63, 3.8) is 0 Å². The van der Waals surface area contributed by atoms with E-state index in [2.05, 4.69) is 51.2 Å². The van der Waals surface area contributed by atoms with Crippen molar-refractivity contribution in [1.29, 1.82) is 0 Å². The predicted octanol–water partition coefficient (Wildman–Crippen LogP) is 4.63. The summed E-state index contributed by atoms with van der Waals surface area (Å²) in [7, 11) is 0. The molecule has 118 valence electrons. The van der Waals surface area contributed by atoms with Crippen LogP contribution in [0.1, 0.15) is 57.1 Å². The largest absolute Gasteiger partial charge is 0.489 e. The number of hydrogen-bond acceptors (Lipinski definition) is 2. The van der Waals surface area contributed by atoms with Crippen molar-refractivity contribution in [1.82, 2.24) is 5.32 Å². The number of benzene rings is 1. The Morgan fingerprint density at radius 2 is 1.81 bits per heavy atom. The molecular weight excluding hydrogens is 258 g/mol. The van der Waals surface area contributed by atoms with Crippen LogP contribution >= 0.6 is 0 Å². The molecule has 21 heavy (non-hydrogen) atoms. The van der Waals surface area contributed by atoms with Crippen LogP contribution in [0.2, 0.25) is 0 Å². The van der Waals surface area contributed by atoms with Gasteiger partial charge in [0.25, 0.3) is 0 Å². The second-order valence-electron chi connectivity index (χ2n) is 6.61. The molecule has 0 saturated heterocycles. The summed E-state index contributed by atoms with van der Waals surface area (Å²) in [6.45, 7) is 9.78. The third-order valence-electron chi connectivity index (χ3n) is 4.55. The van der Waals surface area contributed by atoms with Crippen molar-refractivity contribution >= 4 is 0 Å². The van der Waals surface area contributed by atoms with Crippen LogP contribution in [0.25, 0.3) is 0 Å². The highest BCUT2D eigenvalue weighted by Gasteiger charge is 2.31. The Morgan fingerprint density at radius 1 is 1.10 bits per heavy atom. The Labute approximate surface area is 130 Å². The molecule has 1 aromatic carbocycles. The van der Waals surface area contributed by atoms with Crippen LogP contribution in [-0.4, -0.2) is 18.7 Å². The maximum atomic E-state index is 6.40. The molecule has 1 N–H and O–H groups in total. The van der Waals surface area contributed by atoms with E-state index in [4.69, 9.17) is 4.74 Å². The SMILES string of the molecule is CCCC1CCC(NCC)C(Oc2cc(C)cc(C)c2)C1. The lowest BCUT2D eigenvalue weighted by molar-refractivity contribution is 0.0839. The van der Waals surface area contributed by atoms with Crippen molar-refractivity contribution in [3.05, 3.63) is 29.3 Å². The number of nitrogens with one attached hydrogen (secondary N) is 1. The molecule has 3 atom stereocenters. The Morgan fingerprint density at radius 3 is 2.43 bits per heavy atom. The molecule has 0 amide bonds. The molecule has 1 aromatic rings. The maximum Gasteiger partial charge on any atom is 0.120 e. The monoisotopic (exact) mass is 289 g/mol. The van der Waals surface area contributed by atoms with Crippen molar-refractivity contribution in [2.75, 3.05) is 6.54 Å². The van der Waals surface area contributed by atoms with Gasteiger partial charge >= 0.3 is 0 Å². The van der Waals surface area contributed by atoms with Crippen LogP contribution in [0.5, 0.6) is 5.75 Å². The number of hydrogen-bond donors (Lipinski definition) is 1. The zero-order valence-electron chi connectivity index (χ0n) is 14.1. The molecule has 0 heterocycles. The van der Waals surface area contributed by atoms with Gasteiger partial charge in [0.05, 0.1) is 0 Å². The minimum atomic E-state index is 0.316. The molecule has 0 bridgehead atoms. The number of ether oxygens (including phenoxy) is 1. The molecule has 0 spiro atoms. The van der Waals surface area contributed by atoms with Crippen LogP contribution in [0.3, 0.4) is 0 Å². The smallest absolute Gasteiger partial charge is 0.120 e. The van der Waals surface area contributed by atoms with Gasteiger partial charge in [-0.1, -0.05) is 32.8 Å². The molecule has 1 saturated carbocycles. The molecule has 2 nitrogen and oxygen atoms in total. The predicted molar refractivity (Wildman–Crippen MR) is 90.0 cm³/mol. The van der Waals surface area contributed by atoms with E-state index >= 15 is 0 Å². The third kappa shape index (κ3) is 4.74. The lowest BCUT2D eigenvalue weighted by Crippen LogP contribution is -2.47. The number of rotatable bonds is 6. The summed E-state index contributed by atoms with van der Waals surface area (Å²) >= 11 is 0. The van der Waals surface area contributed by atoms with Gasteiger partial charge in [-0.15, -0.1) is 0 Å². The molecule has 1 fully saturated rings. The summed E-state index contributed by atoms with van der Waals surface area (Å²) in [6.07, 6.45) is 6.72. The van der Waals surface area contributed by atoms with E-state index in [1.165, 1.54) is 43.2 Å². The standard InChI is InChI=1S/C19H31NO/c1-5-7-16-8-9-18(20-6-2)19(13-16)21-17-11-14(3)10-15(4)12-17/h10-12,16,18-20H,5-9,13H2,1-4H3. The highest BCUT2D eigenvalue weighted by Crippen LogP contribution is 2.31. The highest BCUT2D eigenvalue weighted by molar-refractivity contribution is 5.33. The molecule has 1 aliphatic carbocycles. The minimum Gasteiger partial charge on any atom is -0.489 e. The van der Waals surface area contributed by atoms with Gasteiger partial charge < -0.3 is 10.1 Å². The quantitative estimate of drug-likeness (QED) is 0.824. The van der Waals surface area contributed by atoms with Gasteiger partial charge in [0.2, 0.25) is 0 Å². The van der Waals surface area contributed by atoms with Crippen LogP contribution < -0.4 is 10.1 Å². The van der Waals surface area contributed by atoms with Crippen molar-refractivity contribution in [2.24, 2.45) is 5.92 Å². The molecule has 0 aromatic heterocycles. The van der Waals surface area contributed by atoms with Crippen LogP contribution in [0.15, 0.2) is 18.2 Å². The van der Waals surface area contributed by atoms with E-state index in [1.54, 1.807) is 0 Å². The average molecular weight is 289 g/mol. The van der Waals surface area contributed by atoms with E-state index in [9.17, 15) is 0 Å². The first-order chi connectivity index (χ1) is 10.1. The topological polar surface area (TPSA) is 21.3 Å². The molecular formula is C19H31NO. The zero-order chi connectivity index (χ0) is 15.2. The molecule has 1 aliphatic rings. The van der Waals surface area contributed by atoms with Gasteiger partial charge in [-0.2, -0.15) is 0 Å². The molecule has 2 heteroatoms. The third-order valence-corrected chi connectivity index (χ3v) is 4.55. The van der Waals surface area contributed by atoms with Crippen molar-refractivity contribution in [3.8, 4) is 5.75 Å². The van der Waals surface area contributed by atoms with E-state index in [1.807, 2.05) is 0 Å². The van der Waals surface area contributed by atoms with Crippen LogP contribution in [0.4, 0.5) is 0 Å². The molecule has 3 unspecified atom stereocenters. The van der Waals surface area contributed by atoms with E-state index in [0.717, 1.165) is 18.2 Å². The lowest BCUT2D eigenvalue weighted by atomic mass is 9.81. The van der Waals surface area contributed by atoms with Gasteiger partial charge in [0, 0.05) is 6.04 Å². The van der Waals surface area contributed by atoms with Gasteiger partial charge in [-0.05, 0) is 68.8 Å². The Hall–Kier alpha value is -1.02. The Balaban J connectivity index is 2.07. The van der Waals surface area contributed by atoms with E-state index in [-0.39, 0.29) is 0 Å². The fourth-order valence-electron chi connectivity index (χ4n) is 3.68. The molecule has 0 radical (unpaired) electrons. The summed E-state index contributed by atoms with van der Waals surface area (Å²) in [6, 6.07) is 7.04. The second-order valence-corrected chi connectivity index (χ2v) is 6.61. The summed E-state index contributed by atoms with van der Waals surface area (Å²) < 4.78 is 6.40. The summed E-state index contributed by atoms with van der Waals surface area (Å²) in [5.74, 6) is 1.87. The van der Waals surface area contributed by atoms with Crippen LogP contribution in [0, 0.1) is 19.8 Å². The summed E-state index contributed by atoms with van der Waals surface area (Å²) in [4.78, 5) is 0. The first-order valence-corrected chi connectivity index (χ1v) is 8.60. The zero-order valence-corrected chi connectivity index (χ0v) is 14.1. The minimum absolute atomic E-state index is 0.316. The van der Waals surface area contributed by atoms with Gasteiger partial charge in [-0.3, -0.25) is 0 Å². The number of likely N-dealkylation sites (N-methyl/N-ethyl adjacent to an activating group) is 1. The average Bonchev–Trinajstić information content (AvgIpc) is 2.41. The fraction of sp³-hybridized carbons (Fsp3) is 0.684. The molecule has 0 aliphatic heterocycles. The Kier molecular flexibility index (Phi) is 6.10. The second kappa shape index (κ2) is 7.84. The van der Waals surface area contributed by atoms with Gasteiger partial charge in [0.1, 0.15) is 11.9 Å². The first kappa shape index (κ1) is 16.4. The van der Waals surface area contributed by atoms with Crippen molar-refractivity contribution in [2.45, 2.75) is 71.9 Å². The lowest BCUT2D eigenvalue weighted by Gasteiger charge is -2.36. The van der Waals surface area contributed by atoms with E-state index in [0.29, 0.717) is 12.1 Å². The summed E-state index contributed by atoms with van der Waals surface area (Å²) in [5, 5.41) is 3.62. The number of aryl methyl sites for hydroxylation is 2. The summed E-state index contributed by atoms with van der Waals surface area (Å²) in [5.41, 5.74) is 2.57. The van der Waals surface area contributed by atoms with Gasteiger partial charge in [-0.25, -0.2) is 0 Å². The maximum absolute atomic E-state index is 6.40. The molecule has 2 rings (SSSR count). The highest BCUT2D eigenvalue weighted by atomic mass is 16.5. The van der Waals surface area contributed by atoms with Crippen LogP contribution in [-0.2, 0) is 0 Å². The Bertz CT molecular complexity index is 423.